The average Bonchev–Trinajstić information content (AvgIpc) is 2.62. The van der Waals surface area contributed by atoms with Crippen molar-refractivity contribution in [2.45, 2.75) is 0 Å². The lowest BCUT2D eigenvalue weighted by Gasteiger charge is -1.99. The number of carbonyl (C=O) groups is 1. The standard InChI is InChI=1S/C8H9NO3S2/c1-11-8(10)6-2-5(4-14-6)12-3-7(9)13/h2,4H,3H2,1H3,(H2,9,13). The summed E-state index contributed by atoms with van der Waals surface area (Å²) in [5.41, 5.74) is 5.25. The topological polar surface area (TPSA) is 61.5 Å². The molecule has 0 aromatic carbocycles. The molecular weight excluding hydrogens is 222 g/mol. The Bertz CT molecular complexity index is 348. The van der Waals surface area contributed by atoms with Crippen LogP contribution in [0.2, 0.25) is 0 Å². The fourth-order valence-electron chi connectivity index (χ4n) is 0.757. The van der Waals surface area contributed by atoms with Crippen LogP contribution in [0.15, 0.2) is 11.4 Å². The molecule has 76 valence electrons. The zero-order valence-corrected chi connectivity index (χ0v) is 9.11. The maximum atomic E-state index is 11.0. The van der Waals surface area contributed by atoms with Crippen LogP contribution >= 0.6 is 23.6 Å². The molecule has 0 aliphatic carbocycles. The van der Waals surface area contributed by atoms with Gasteiger partial charge in [0.2, 0.25) is 0 Å². The van der Waals surface area contributed by atoms with Gasteiger partial charge in [-0.3, -0.25) is 0 Å². The summed E-state index contributed by atoms with van der Waals surface area (Å²) in [6.07, 6.45) is 0. The third-order valence-electron chi connectivity index (χ3n) is 1.34. The van der Waals surface area contributed by atoms with Gasteiger partial charge in [-0.1, -0.05) is 12.2 Å². The van der Waals surface area contributed by atoms with E-state index in [1.165, 1.54) is 18.4 Å². The lowest BCUT2D eigenvalue weighted by Crippen LogP contribution is -2.17. The second kappa shape index (κ2) is 4.92. The van der Waals surface area contributed by atoms with E-state index >= 15 is 0 Å². The summed E-state index contributed by atoms with van der Waals surface area (Å²) in [4.78, 5) is 11.8. The number of esters is 1. The zero-order chi connectivity index (χ0) is 10.6. The van der Waals surface area contributed by atoms with Gasteiger partial charge in [-0.15, -0.1) is 11.3 Å². The first-order valence-corrected chi connectivity index (χ1v) is 5.00. The van der Waals surface area contributed by atoms with E-state index in [0.29, 0.717) is 10.6 Å². The van der Waals surface area contributed by atoms with Crippen molar-refractivity contribution in [3.8, 4) is 5.75 Å². The highest BCUT2D eigenvalue weighted by Crippen LogP contribution is 2.21. The Hall–Kier alpha value is -1.14. The molecule has 14 heavy (non-hydrogen) atoms. The van der Waals surface area contributed by atoms with Crippen molar-refractivity contribution in [3.63, 3.8) is 0 Å². The Morgan fingerprint density at radius 1 is 1.71 bits per heavy atom. The van der Waals surface area contributed by atoms with Gasteiger partial charge in [-0.05, 0) is 0 Å². The number of nitrogens with two attached hydrogens (primary N) is 1. The van der Waals surface area contributed by atoms with Crippen molar-refractivity contribution in [2.75, 3.05) is 13.7 Å². The maximum Gasteiger partial charge on any atom is 0.348 e. The molecule has 0 bridgehead atoms. The first-order valence-electron chi connectivity index (χ1n) is 3.71. The molecule has 2 N–H and O–H groups in total. The monoisotopic (exact) mass is 231 g/mol. The van der Waals surface area contributed by atoms with Gasteiger partial charge in [0.05, 0.1) is 7.11 Å². The quantitative estimate of drug-likeness (QED) is 0.623. The van der Waals surface area contributed by atoms with E-state index in [2.05, 4.69) is 17.0 Å². The van der Waals surface area contributed by atoms with Crippen LogP contribution in [0.3, 0.4) is 0 Å². The summed E-state index contributed by atoms with van der Waals surface area (Å²) < 4.78 is 9.72. The molecule has 0 spiro atoms. The van der Waals surface area contributed by atoms with Crippen molar-refractivity contribution in [3.05, 3.63) is 16.3 Å². The van der Waals surface area contributed by atoms with Crippen LogP contribution in [0.25, 0.3) is 0 Å². The zero-order valence-electron chi connectivity index (χ0n) is 7.48. The maximum absolute atomic E-state index is 11.0. The van der Waals surface area contributed by atoms with E-state index in [1.807, 2.05) is 0 Å². The Balaban J connectivity index is 2.59. The second-order valence-corrected chi connectivity index (χ2v) is 3.83. The number of ether oxygens (including phenoxy) is 2. The van der Waals surface area contributed by atoms with Crippen molar-refractivity contribution in [1.82, 2.24) is 0 Å². The summed E-state index contributed by atoms with van der Waals surface area (Å²) >= 11 is 5.89. The highest BCUT2D eigenvalue weighted by Gasteiger charge is 2.09. The summed E-state index contributed by atoms with van der Waals surface area (Å²) in [6.45, 7) is 0.173. The van der Waals surface area contributed by atoms with E-state index < -0.39 is 0 Å². The van der Waals surface area contributed by atoms with Crippen LogP contribution in [0, 0.1) is 0 Å². The molecule has 0 saturated carbocycles. The van der Waals surface area contributed by atoms with E-state index in [1.54, 1.807) is 11.4 Å². The van der Waals surface area contributed by atoms with Gasteiger partial charge in [0.1, 0.15) is 22.2 Å². The molecule has 0 aliphatic heterocycles. The van der Waals surface area contributed by atoms with E-state index in [9.17, 15) is 4.79 Å². The molecule has 0 atom stereocenters. The normalized spacial score (nSPS) is 9.50. The molecule has 0 radical (unpaired) electrons. The first kappa shape index (κ1) is 10.9. The van der Waals surface area contributed by atoms with Crippen LogP contribution in [0.4, 0.5) is 0 Å². The Morgan fingerprint density at radius 3 is 3.00 bits per heavy atom. The van der Waals surface area contributed by atoms with Gasteiger partial charge in [0.15, 0.2) is 0 Å². The summed E-state index contributed by atoms with van der Waals surface area (Å²) in [7, 11) is 1.33. The van der Waals surface area contributed by atoms with Crippen LogP contribution in [-0.4, -0.2) is 24.7 Å². The number of thiophene rings is 1. The number of rotatable bonds is 4. The molecule has 0 aliphatic rings. The van der Waals surface area contributed by atoms with Gasteiger partial charge in [-0.2, -0.15) is 0 Å². The molecule has 1 rings (SSSR count). The van der Waals surface area contributed by atoms with Gasteiger partial charge in [0, 0.05) is 11.4 Å². The van der Waals surface area contributed by atoms with Crippen LogP contribution < -0.4 is 10.5 Å². The molecule has 0 saturated heterocycles. The molecule has 0 fully saturated rings. The van der Waals surface area contributed by atoms with Gasteiger partial charge in [-0.25, -0.2) is 4.79 Å². The number of hydrogen-bond acceptors (Lipinski definition) is 5. The van der Waals surface area contributed by atoms with Crippen molar-refractivity contribution in [1.29, 1.82) is 0 Å². The molecule has 0 unspecified atom stereocenters. The number of thiocarbonyl (C=S) groups is 1. The number of carbonyl (C=O) groups excluding carboxylic acids is 1. The largest absolute Gasteiger partial charge is 0.486 e. The highest BCUT2D eigenvalue weighted by molar-refractivity contribution is 7.80. The van der Waals surface area contributed by atoms with E-state index in [4.69, 9.17) is 10.5 Å². The van der Waals surface area contributed by atoms with Crippen LogP contribution in [0.1, 0.15) is 9.67 Å². The van der Waals surface area contributed by atoms with Crippen LogP contribution in [0.5, 0.6) is 5.75 Å². The molecule has 4 nitrogen and oxygen atoms in total. The minimum absolute atomic E-state index is 0.173. The average molecular weight is 231 g/mol. The first-order chi connectivity index (χ1) is 6.63. The van der Waals surface area contributed by atoms with E-state index in [0.717, 1.165) is 0 Å². The predicted octanol–water partition coefficient (Wildman–Crippen LogP) is 1.20. The van der Waals surface area contributed by atoms with Crippen LogP contribution in [-0.2, 0) is 4.74 Å². The predicted molar refractivity (Wildman–Crippen MR) is 57.9 cm³/mol. The van der Waals surface area contributed by atoms with E-state index in [-0.39, 0.29) is 17.6 Å². The second-order valence-electron chi connectivity index (χ2n) is 2.39. The van der Waals surface area contributed by atoms with Crippen molar-refractivity contribution < 1.29 is 14.3 Å². The minimum atomic E-state index is -0.375. The lowest BCUT2D eigenvalue weighted by atomic mass is 10.4. The third-order valence-corrected chi connectivity index (χ3v) is 2.35. The molecule has 0 amide bonds. The summed E-state index contributed by atoms with van der Waals surface area (Å²) in [5.74, 6) is 0.198. The summed E-state index contributed by atoms with van der Waals surface area (Å²) in [6, 6.07) is 1.59. The summed E-state index contributed by atoms with van der Waals surface area (Å²) in [5, 5.41) is 1.70. The Kier molecular flexibility index (Phi) is 3.84. The minimum Gasteiger partial charge on any atom is -0.486 e. The SMILES string of the molecule is COC(=O)c1cc(OCC(N)=S)cs1. The fourth-order valence-corrected chi connectivity index (χ4v) is 1.56. The molecule has 1 heterocycles. The molecule has 6 heteroatoms. The Morgan fingerprint density at radius 2 is 2.43 bits per heavy atom. The Labute approximate surface area is 90.6 Å². The fraction of sp³-hybridized carbons (Fsp3) is 0.250. The molecule has 1 aromatic heterocycles. The van der Waals surface area contributed by atoms with Gasteiger partial charge < -0.3 is 15.2 Å². The number of methoxy groups -OCH3 is 1. The molecular formula is C8H9NO3S2. The molecule has 1 aromatic rings. The highest BCUT2D eigenvalue weighted by atomic mass is 32.1. The number of hydrogen-bond donors (Lipinski definition) is 1. The van der Waals surface area contributed by atoms with Crippen molar-refractivity contribution in [2.24, 2.45) is 5.73 Å². The lowest BCUT2D eigenvalue weighted by molar-refractivity contribution is 0.0606. The smallest absolute Gasteiger partial charge is 0.348 e. The van der Waals surface area contributed by atoms with Crippen molar-refractivity contribution >= 4 is 34.5 Å². The van der Waals surface area contributed by atoms with Gasteiger partial charge in [0.25, 0.3) is 0 Å². The van der Waals surface area contributed by atoms with Gasteiger partial charge >= 0.3 is 5.97 Å². The third kappa shape index (κ3) is 2.97.